The van der Waals surface area contributed by atoms with Crippen molar-refractivity contribution in [1.82, 2.24) is 10.2 Å². The average molecular weight is 305 g/mol. The molecule has 1 fully saturated rings. The molecule has 118 valence electrons. The topological polar surface area (TPSA) is 41.6 Å². The monoisotopic (exact) mass is 304 g/mol. The van der Waals surface area contributed by atoms with E-state index < -0.39 is 0 Å². The molecular formula is C15H29ClN2O2. The highest BCUT2D eigenvalue weighted by atomic mass is 35.5. The summed E-state index contributed by atoms with van der Waals surface area (Å²) in [5.41, 5.74) is 0. The minimum atomic E-state index is 0. The van der Waals surface area contributed by atoms with Gasteiger partial charge in [0, 0.05) is 26.1 Å². The molecule has 0 saturated carbocycles. The van der Waals surface area contributed by atoms with Gasteiger partial charge in [-0.1, -0.05) is 13.0 Å². The van der Waals surface area contributed by atoms with Crippen molar-refractivity contribution in [2.75, 3.05) is 39.4 Å². The summed E-state index contributed by atoms with van der Waals surface area (Å²) in [4.78, 5) is 14.0. The molecule has 0 unspecified atom stereocenters. The molecule has 1 aliphatic heterocycles. The van der Waals surface area contributed by atoms with Gasteiger partial charge < -0.3 is 15.0 Å². The van der Waals surface area contributed by atoms with Gasteiger partial charge >= 0.3 is 0 Å². The molecular weight excluding hydrogens is 276 g/mol. The number of hydrogen-bond acceptors (Lipinski definition) is 3. The van der Waals surface area contributed by atoms with E-state index in [1.54, 1.807) is 6.08 Å². The number of nitrogens with zero attached hydrogens (tertiary/aromatic N) is 1. The molecule has 1 saturated heterocycles. The van der Waals surface area contributed by atoms with Crippen LogP contribution in [-0.2, 0) is 9.53 Å². The van der Waals surface area contributed by atoms with Crippen molar-refractivity contribution in [3.05, 3.63) is 12.7 Å². The molecule has 0 aromatic heterocycles. The third kappa shape index (κ3) is 7.88. The first kappa shape index (κ1) is 19.4. The fraction of sp³-hybridized carbons (Fsp3) is 0.800. The Morgan fingerprint density at radius 1 is 1.45 bits per heavy atom. The smallest absolute Gasteiger partial charge is 0.222 e. The number of rotatable bonds is 9. The van der Waals surface area contributed by atoms with Crippen molar-refractivity contribution in [2.45, 2.75) is 32.6 Å². The van der Waals surface area contributed by atoms with E-state index in [1.165, 1.54) is 0 Å². The van der Waals surface area contributed by atoms with Crippen molar-refractivity contribution < 1.29 is 9.53 Å². The van der Waals surface area contributed by atoms with Gasteiger partial charge in [0.2, 0.25) is 5.91 Å². The number of ether oxygens (including phenoxy) is 1. The van der Waals surface area contributed by atoms with Crippen LogP contribution in [-0.4, -0.2) is 50.2 Å². The summed E-state index contributed by atoms with van der Waals surface area (Å²) in [6.45, 7) is 10.9. The number of piperidine rings is 1. The maximum absolute atomic E-state index is 12.0. The first-order valence-corrected chi connectivity index (χ1v) is 7.45. The Labute approximate surface area is 129 Å². The van der Waals surface area contributed by atoms with E-state index in [4.69, 9.17) is 4.74 Å². The van der Waals surface area contributed by atoms with E-state index in [-0.39, 0.29) is 18.3 Å². The molecule has 0 atom stereocenters. The molecule has 5 heteroatoms. The summed E-state index contributed by atoms with van der Waals surface area (Å²) in [5, 5.41) is 3.39. The molecule has 0 aliphatic carbocycles. The van der Waals surface area contributed by atoms with E-state index >= 15 is 0 Å². The lowest BCUT2D eigenvalue weighted by atomic mass is 9.96. The number of amides is 1. The highest BCUT2D eigenvalue weighted by Gasteiger charge is 2.21. The fourth-order valence-corrected chi connectivity index (χ4v) is 2.39. The summed E-state index contributed by atoms with van der Waals surface area (Å²) in [5.74, 6) is 1.02. The van der Waals surface area contributed by atoms with E-state index in [0.717, 1.165) is 51.4 Å². The van der Waals surface area contributed by atoms with Crippen molar-refractivity contribution in [2.24, 2.45) is 5.92 Å². The van der Waals surface area contributed by atoms with Crippen LogP contribution < -0.4 is 5.32 Å². The van der Waals surface area contributed by atoms with E-state index in [1.807, 2.05) is 4.90 Å². The lowest BCUT2D eigenvalue weighted by molar-refractivity contribution is -0.132. The summed E-state index contributed by atoms with van der Waals surface area (Å²) in [6.07, 6.45) is 5.41. The van der Waals surface area contributed by atoms with Gasteiger partial charge in [0.15, 0.2) is 0 Å². The van der Waals surface area contributed by atoms with Gasteiger partial charge in [-0.05, 0) is 38.3 Å². The summed E-state index contributed by atoms with van der Waals surface area (Å²) in [7, 11) is 0. The zero-order valence-electron chi connectivity index (χ0n) is 12.6. The molecule has 20 heavy (non-hydrogen) atoms. The Bertz CT molecular complexity index is 267. The molecule has 0 aromatic rings. The van der Waals surface area contributed by atoms with Gasteiger partial charge in [0.25, 0.3) is 0 Å². The number of halogens is 1. The Balaban J connectivity index is 0.00000361. The molecule has 1 heterocycles. The quantitative estimate of drug-likeness (QED) is 0.525. The van der Waals surface area contributed by atoms with Gasteiger partial charge in [-0.25, -0.2) is 0 Å². The Morgan fingerprint density at radius 3 is 2.75 bits per heavy atom. The van der Waals surface area contributed by atoms with Crippen LogP contribution in [0, 0.1) is 5.92 Å². The van der Waals surface area contributed by atoms with Gasteiger partial charge in [0.05, 0.1) is 6.61 Å². The van der Waals surface area contributed by atoms with Gasteiger partial charge in [-0.15, -0.1) is 19.0 Å². The number of hydrogen-bond donors (Lipinski definition) is 1. The highest BCUT2D eigenvalue weighted by Crippen LogP contribution is 2.17. The molecule has 0 aromatic carbocycles. The predicted octanol–water partition coefficient (Wildman–Crippen LogP) is 2.24. The minimum Gasteiger partial charge on any atom is -0.377 e. The van der Waals surface area contributed by atoms with Crippen molar-refractivity contribution in [1.29, 1.82) is 0 Å². The van der Waals surface area contributed by atoms with Crippen molar-refractivity contribution in [3.8, 4) is 0 Å². The van der Waals surface area contributed by atoms with Crippen LogP contribution in [0.25, 0.3) is 0 Å². The SMILES string of the molecule is C=CCOCCCC(=O)N1CCC(CNCC)CC1.Cl. The van der Waals surface area contributed by atoms with E-state index in [0.29, 0.717) is 19.6 Å². The molecule has 1 amide bonds. The van der Waals surface area contributed by atoms with Crippen LogP contribution in [0.4, 0.5) is 0 Å². The average Bonchev–Trinajstić information content (AvgIpc) is 2.45. The second kappa shape index (κ2) is 12.2. The minimum absolute atomic E-state index is 0. The largest absolute Gasteiger partial charge is 0.377 e. The molecule has 0 radical (unpaired) electrons. The number of likely N-dealkylation sites (tertiary alicyclic amines) is 1. The van der Waals surface area contributed by atoms with Gasteiger partial charge in [0.1, 0.15) is 0 Å². The molecule has 4 nitrogen and oxygen atoms in total. The maximum Gasteiger partial charge on any atom is 0.222 e. The third-order valence-electron chi connectivity index (χ3n) is 3.57. The van der Waals surface area contributed by atoms with Crippen molar-refractivity contribution >= 4 is 18.3 Å². The van der Waals surface area contributed by atoms with Crippen LogP contribution in [0.3, 0.4) is 0 Å². The second-order valence-electron chi connectivity index (χ2n) is 5.10. The van der Waals surface area contributed by atoms with E-state index in [9.17, 15) is 4.79 Å². The number of nitrogens with one attached hydrogen (secondary N) is 1. The predicted molar refractivity (Wildman–Crippen MR) is 85.3 cm³/mol. The summed E-state index contributed by atoms with van der Waals surface area (Å²) in [6, 6.07) is 0. The van der Waals surface area contributed by atoms with E-state index in [2.05, 4.69) is 18.8 Å². The highest BCUT2D eigenvalue weighted by molar-refractivity contribution is 5.85. The van der Waals surface area contributed by atoms with Crippen LogP contribution >= 0.6 is 12.4 Å². The van der Waals surface area contributed by atoms with Gasteiger partial charge in [-0.2, -0.15) is 0 Å². The summed E-state index contributed by atoms with van der Waals surface area (Å²) < 4.78 is 5.28. The van der Waals surface area contributed by atoms with Crippen LogP contribution in [0.5, 0.6) is 0 Å². The lowest BCUT2D eigenvalue weighted by Crippen LogP contribution is -2.40. The fourth-order valence-electron chi connectivity index (χ4n) is 2.39. The zero-order chi connectivity index (χ0) is 13.9. The molecule has 1 N–H and O–H groups in total. The standard InChI is InChI=1S/C15H28N2O2.ClH/c1-3-11-19-12-5-6-15(18)17-9-7-14(8-10-17)13-16-4-2;/h3,14,16H,1,4-13H2,2H3;1H. The Morgan fingerprint density at radius 2 is 2.15 bits per heavy atom. The molecule has 1 rings (SSSR count). The first-order chi connectivity index (χ1) is 9.27. The molecule has 0 spiro atoms. The number of carbonyl (C=O) groups excluding carboxylic acids is 1. The summed E-state index contributed by atoms with van der Waals surface area (Å²) >= 11 is 0. The van der Waals surface area contributed by atoms with Crippen LogP contribution in [0.15, 0.2) is 12.7 Å². The van der Waals surface area contributed by atoms with Crippen LogP contribution in [0.2, 0.25) is 0 Å². The third-order valence-corrected chi connectivity index (χ3v) is 3.57. The number of carbonyl (C=O) groups is 1. The lowest BCUT2D eigenvalue weighted by Gasteiger charge is -2.32. The van der Waals surface area contributed by atoms with Gasteiger partial charge in [-0.3, -0.25) is 4.79 Å². The van der Waals surface area contributed by atoms with Crippen molar-refractivity contribution in [3.63, 3.8) is 0 Å². The Kier molecular flexibility index (Phi) is 11.8. The zero-order valence-corrected chi connectivity index (χ0v) is 13.4. The molecule has 0 bridgehead atoms. The Hall–Kier alpha value is -0.580. The molecule has 1 aliphatic rings. The van der Waals surface area contributed by atoms with Crippen LogP contribution in [0.1, 0.15) is 32.6 Å². The first-order valence-electron chi connectivity index (χ1n) is 7.45. The normalized spacial score (nSPS) is 15.8. The maximum atomic E-state index is 12.0. The second-order valence-corrected chi connectivity index (χ2v) is 5.10.